The molecule has 3 heteroatoms. The SMILES string of the molecule is CCN(C1CCNCC1)C1CC(O)C1. The molecule has 1 aliphatic carbocycles. The first kappa shape index (κ1) is 10.4. The third-order valence-corrected chi connectivity index (χ3v) is 3.70. The van der Waals surface area contributed by atoms with E-state index in [4.69, 9.17) is 0 Å². The smallest absolute Gasteiger partial charge is 0.0570 e. The van der Waals surface area contributed by atoms with Gasteiger partial charge in [-0.25, -0.2) is 0 Å². The highest BCUT2D eigenvalue weighted by Gasteiger charge is 2.35. The van der Waals surface area contributed by atoms with E-state index in [9.17, 15) is 5.11 Å². The van der Waals surface area contributed by atoms with Gasteiger partial charge in [-0.2, -0.15) is 0 Å². The molecule has 0 amide bonds. The lowest BCUT2D eigenvalue weighted by Crippen LogP contribution is -2.53. The van der Waals surface area contributed by atoms with E-state index in [1.165, 1.54) is 12.8 Å². The Bertz CT molecular complexity index is 174. The van der Waals surface area contributed by atoms with Crippen LogP contribution in [0.5, 0.6) is 0 Å². The molecule has 1 saturated heterocycles. The van der Waals surface area contributed by atoms with Gasteiger partial charge in [0.05, 0.1) is 6.10 Å². The van der Waals surface area contributed by atoms with Crippen molar-refractivity contribution in [2.75, 3.05) is 19.6 Å². The highest BCUT2D eigenvalue weighted by Crippen LogP contribution is 2.28. The van der Waals surface area contributed by atoms with Gasteiger partial charge in [-0.1, -0.05) is 6.92 Å². The van der Waals surface area contributed by atoms with Gasteiger partial charge in [0.15, 0.2) is 0 Å². The van der Waals surface area contributed by atoms with Gasteiger partial charge in [0, 0.05) is 12.1 Å². The topological polar surface area (TPSA) is 35.5 Å². The minimum Gasteiger partial charge on any atom is -0.393 e. The standard InChI is InChI=1S/C11H22N2O/c1-2-13(10-7-11(14)8-10)9-3-5-12-6-4-9/h9-12,14H,2-8H2,1H3. The molecule has 0 bridgehead atoms. The highest BCUT2D eigenvalue weighted by molar-refractivity contribution is 4.90. The molecule has 1 saturated carbocycles. The summed E-state index contributed by atoms with van der Waals surface area (Å²) in [6.45, 7) is 5.71. The molecule has 3 nitrogen and oxygen atoms in total. The Labute approximate surface area is 86.5 Å². The van der Waals surface area contributed by atoms with Crippen LogP contribution in [0.25, 0.3) is 0 Å². The van der Waals surface area contributed by atoms with Crippen molar-refractivity contribution in [1.82, 2.24) is 10.2 Å². The zero-order valence-corrected chi connectivity index (χ0v) is 9.08. The fourth-order valence-electron chi connectivity index (χ4n) is 2.78. The van der Waals surface area contributed by atoms with E-state index < -0.39 is 0 Å². The summed E-state index contributed by atoms with van der Waals surface area (Å²) in [5.41, 5.74) is 0. The predicted octanol–water partition coefficient (Wildman–Crippen LogP) is 0.584. The number of piperidine rings is 1. The second kappa shape index (κ2) is 4.60. The fourth-order valence-corrected chi connectivity index (χ4v) is 2.78. The van der Waals surface area contributed by atoms with E-state index in [2.05, 4.69) is 17.1 Å². The summed E-state index contributed by atoms with van der Waals surface area (Å²) in [6, 6.07) is 1.43. The molecule has 0 atom stereocenters. The maximum absolute atomic E-state index is 9.32. The number of rotatable bonds is 3. The summed E-state index contributed by atoms with van der Waals surface area (Å²) >= 11 is 0. The summed E-state index contributed by atoms with van der Waals surface area (Å²) < 4.78 is 0. The second-order valence-corrected chi connectivity index (χ2v) is 4.59. The van der Waals surface area contributed by atoms with Crippen LogP contribution in [0.2, 0.25) is 0 Å². The van der Waals surface area contributed by atoms with Crippen molar-refractivity contribution in [2.24, 2.45) is 0 Å². The highest BCUT2D eigenvalue weighted by atomic mass is 16.3. The van der Waals surface area contributed by atoms with Crippen molar-refractivity contribution in [2.45, 2.75) is 50.8 Å². The van der Waals surface area contributed by atoms with Crippen LogP contribution < -0.4 is 5.32 Å². The van der Waals surface area contributed by atoms with Crippen molar-refractivity contribution < 1.29 is 5.11 Å². The quantitative estimate of drug-likeness (QED) is 0.696. The number of hydrogen-bond donors (Lipinski definition) is 2. The molecule has 0 aromatic rings. The summed E-state index contributed by atoms with van der Waals surface area (Å²) in [7, 11) is 0. The Balaban J connectivity index is 1.85. The molecular formula is C11H22N2O. The average molecular weight is 198 g/mol. The Hall–Kier alpha value is -0.120. The van der Waals surface area contributed by atoms with Gasteiger partial charge in [-0.05, 0) is 45.3 Å². The normalized spacial score (nSPS) is 34.5. The molecule has 14 heavy (non-hydrogen) atoms. The third kappa shape index (κ3) is 2.10. The van der Waals surface area contributed by atoms with E-state index in [-0.39, 0.29) is 6.10 Å². The van der Waals surface area contributed by atoms with Crippen molar-refractivity contribution in [3.63, 3.8) is 0 Å². The molecule has 1 aliphatic heterocycles. The Morgan fingerprint density at radius 2 is 1.86 bits per heavy atom. The van der Waals surface area contributed by atoms with Crippen molar-refractivity contribution >= 4 is 0 Å². The third-order valence-electron chi connectivity index (χ3n) is 3.70. The van der Waals surface area contributed by atoms with Crippen LogP contribution in [0.1, 0.15) is 32.6 Å². The van der Waals surface area contributed by atoms with Crippen molar-refractivity contribution in [1.29, 1.82) is 0 Å². The zero-order valence-electron chi connectivity index (χ0n) is 9.08. The lowest BCUT2D eigenvalue weighted by Gasteiger charge is -2.45. The van der Waals surface area contributed by atoms with Gasteiger partial charge in [0.25, 0.3) is 0 Å². The van der Waals surface area contributed by atoms with Crippen LogP contribution >= 0.6 is 0 Å². The van der Waals surface area contributed by atoms with Crippen LogP contribution in [0.15, 0.2) is 0 Å². The van der Waals surface area contributed by atoms with Crippen molar-refractivity contribution in [3.05, 3.63) is 0 Å². The van der Waals surface area contributed by atoms with E-state index in [0.717, 1.165) is 38.5 Å². The Morgan fingerprint density at radius 1 is 1.21 bits per heavy atom. The molecule has 2 rings (SSSR count). The molecule has 2 aliphatic rings. The summed E-state index contributed by atoms with van der Waals surface area (Å²) in [5, 5.41) is 12.7. The second-order valence-electron chi connectivity index (χ2n) is 4.59. The first-order valence-corrected chi connectivity index (χ1v) is 5.95. The first-order valence-electron chi connectivity index (χ1n) is 5.95. The summed E-state index contributed by atoms with van der Waals surface area (Å²) in [4.78, 5) is 2.60. The van der Waals surface area contributed by atoms with Crippen molar-refractivity contribution in [3.8, 4) is 0 Å². The van der Waals surface area contributed by atoms with Gasteiger partial charge in [0.1, 0.15) is 0 Å². The summed E-state index contributed by atoms with van der Waals surface area (Å²) in [5.74, 6) is 0. The number of nitrogens with one attached hydrogen (secondary N) is 1. The monoisotopic (exact) mass is 198 g/mol. The molecule has 2 N–H and O–H groups in total. The molecule has 1 heterocycles. The van der Waals surface area contributed by atoms with Gasteiger partial charge in [-0.15, -0.1) is 0 Å². The molecule has 0 radical (unpaired) electrons. The molecule has 0 unspecified atom stereocenters. The number of aliphatic hydroxyl groups excluding tert-OH is 1. The van der Waals surface area contributed by atoms with Crippen LogP contribution in [0.4, 0.5) is 0 Å². The van der Waals surface area contributed by atoms with Crippen LogP contribution in [0.3, 0.4) is 0 Å². The minimum atomic E-state index is -0.0178. The maximum atomic E-state index is 9.32. The minimum absolute atomic E-state index is 0.0178. The lowest BCUT2D eigenvalue weighted by molar-refractivity contribution is -0.0201. The van der Waals surface area contributed by atoms with Gasteiger partial charge < -0.3 is 10.4 Å². The molecule has 0 spiro atoms. The molecule has 82 valence electrons. The van der Waals surface area contributed by atoms with Gasteiger partial charge >= 0.3 is 0 Å². The first-order chi connectivity index (χ1) is 6.81. The average Bonchev–Trinajstić information content (AvgIpc) is 2.18. The Kier molecular flexibility index (Phi) is 3.42. The largest absolute Gasteiger partial charge is 0.393 e. The maximum Gasteiger partial charge on any atom is 0.0570 e. The van der Waals surface area contributed by atoms with E-state index in [0.29, 0.717) is 6.04 Å². The van der Waals surface area contributed by atoms with E-state index in [1.54, 1.807) is 0 Å². The van der Waals surface area contributed by atoms with Gasteiger partial charge in [0.2, 0.25) is 0 Å². The molecule has 0 aromatic carbocycles. The van der Waals surface area contributed by atoms with Crippen LogP contribution in [-0.2, 0) is 0 Å². The molecular weight excluding hydrogens is 176 g/mol. The zero-order chi connectivity index (χ0) is 9.97. The number of hydrogen-bond acceptors (Lipinski definition) is 3. The van der Waals surface area contributed by atoms with Crippen LogP contribution in [0, 0.1) is 0 Å². The molecule has 0 aromatic heterocycles. The fraction of sp³-hybridized carbons (Fsp3) is 1.00. The van der Waals surface area contributed by atoms with E-state index in [1.807, 2.05) is 0 Å². The number of aliphatic hydroxyl groups is 1. The Morgan fingerprint density at radius 3 is 2.36 bits per heavy atom. The summed E-state index contributed by atoms with van der Waals surface area (Å²) in [6.07, 6.45) is 4.53. The van der Waals surface area contributed by atoms with E-state index >= 15 is 0 Å². The predicted molar refractivity (Wildman–Crippen MR) is 57.3 cm³/mol. The molecule has 2 fully saturated rings. The number of nitrogens with zero attached hydrogens (tertiary/aromatic N) is 1. The van der Waals surface area contributed by atoms with Crippen LogP contribution in [-0.4, -0.2) is 47.8 Å². The lowest BCUT2D eigenvalue weighted by atomic mass is 9.86. The van der Waals surface area contributed by atoms with Gasteiger partial charge in [-0.3, -0.25) is 4.90 Å².